The number of hydrogen-bond donors (Lipinski definition) is 0. The molecule has 0 unspecified atom stereocenters. The Balaban J connectivity index is 1.23. The highest BCUT2D eigenvalue weighted by Crippen LogP contribution is 2.38. The second-order valence-electron chi connectivity index (χ2n) is 15.5. The second kappa shape index (κ2) is 11.7. The zero-order valence-electron chi connectivity index (χ0n) is 29.2. The molecule has 47 heavy (non-hydrogen) atoms. The van der Waals surface area contributed by atoms with Gasteiger partial charge < -0.3 is 18.6 Å². The fraction of sp³-hybridized carbons (Fsp3) is 0.474. The smallest absolute Gasteiger partial charge is 0.399 e. The van der Waals surface area contributed by atoms with Crippen LogP contribution in [0.5, 0.6) is 0 Å². The highest BCUT2D eigenvalue weighted by molar-refractivity contribution is 6.62. The van der Waals surface area contributed by atoms with Crippen molar-refractivity contribution >= 4 is 25.2 Å². The van der Waals surface area contributed by atoms with E-state index in [1.54, 1.807) is 0 Å². The molecule has 1 aliphatic carbocycles. The SMILES string of the molecule is CC1(C)OB(c2ccc(-c3nnc(-c4ccc(B5OC(C)(C)C(C)(C)O5)cc4)n3-c3ccc(C4CCCCC4)cc3)cc2)OC1(C)C. The van der Waals surface area contributed by atoms with E-state index in [1.807, 2.05) is 0 Å². The molecule has 1 saturated carbocycles. The Bertz CT molecular complexity index is 1600. The van der Waals surface area contributed by atoms with Crippen LogP contribution in [0.2, 0.25) is 0 Å². The van der Waals surface area contributed by atoms with Crippen LogP contribution in [-0.4, -0.2) is 51.4 Å². The Hall–Kier alpha value is -3.23. The summed E-state index contributed by atoms with van der Waals surface area (Å²) in [5, 5.41) is 9.53. The van der Waals surface area contributed by atoms with Gasteiger partial charge in [0, 0.05) is 16.8 Å². The van der Waals surface area contributed by atoms with Crippen LogP contribution in [0.4, 0.5) is 0 Å². The minimum atomic E-state index is -0.419. The molecule has 4 aromatic rings. The maximum absolute atomic E-state index is 6.31. The number of benzene rings is 3. The predicted octanol–water partition coefficient (Wildman–Crippen LogP) is 7.25. The molecule has 2 saturated heterocycles. The first-order chi connectivity index (χ1) is 22.2. The van der Waals surface area contributed by atoms with Crippen molar-refractivity contribution in [2.24, 2.45) is 0 Å². The van der Waals surface area contributed by atoms with Crippen molar-refractivity contribution in [3.05, 3.63) is 78.4 Å². The van der Waals surface area contributed by atoms with Crippen molar-refractivity contribution in [3.8, 4) is 28.5 Å². The molecule has 7 nitrogen and oxygen atoms in total. The average molecular weight is 631 g/mol. The van der Waals surface area contributed by atoms with E-state index >= 15 is 0 Å². The van der Waals surface area contributed by atoms with Gasteiger partial charge in [0.2, 0.25) is 0 Å². The van der Waals surface area contributed by atoms with Crippen LogP contribution >= 0.6 is 0 Å². The maximum atomic E-state index is 6.31. The minimum absolute atomic E-state index is 0.396. The largest absolute Gasteiger partial charge is 0.494 e. The molecule has 3 aromatic carbocycles. The van der Waals surface area contributed by atoms with Gasteiger partial charge in [-0.1, -0.05) is 79.9 Å². The van der Waals surface area contributed by atoms with Gasteiger partial charge in [0.15, 0.2) is 11.6 Å². The molecule has 244 valence electrons. The van der Waals surface area contributed by atoms with Gasteiger partial charge >= 0.3 is 14.2 Å². The van der Waals surface area contributed by atoms with Gasteiger partial charge in [0.25, 0.3) is 0 Å². The van der Waals surface area contributed by atoms with Gasteiger partial charge in [-0.25, -0.2) is 0 Å². The molecule has 0 radical (unpaired) electrons. The number of aromatic nitrogens is 3. The van der Waals surface area contributed by atoms with E-state index in [4.69, 9.17) is 28.8 Å². The number of nitrogens with zero attached hydrogens (tertiary/aromatic N) is 3. The molecule has 0 bridgehead atoms. The molecule has 9 heteroatoms. The summed E-state index contributed by atoms with van der Waals surface area (Å²) in [4.78, 5) is 0. The van der Waals surface area contributed by atoms with Crippen molar-refractivity contribution in [2.75, 3.05) is 0 Å². The van der Waals surface area contributed by atoms with Crippen molar-refractivity contribution in [2.45, 2.75) is 116 Å². The molecule has 0 atom stereocenters. The lowest BCUT2D eigenvalue weighted by atomic mass is 9.79. The third-order valence-electron chi connectivity index (χ3n) is 11.3. The maximum Gasteiger partial charge on any atom is 0.494 e. The van der Waals surface area contributed by atoms with Crippen molar-refractivity contribution in [1.29, 1.82) is 0 Å². The summed E-state index contributed by atoms with van der Waals surface area (Å²) < 4.78 is 27.4. The molecule has 0 spiro atoms. The molecule has 3 aliphatic rings. The fourth-order valence-electron chi connectivity index (χ4n) is 6.77. The highest BCUT2D eigenvalue weighted by atomic mass is 16.7. The van der Waals surface area contributed by atoms with Crippen LogP contribution in [0.1, 0.15) is 99.0 Å². The summed E-state index contributed by atoms with van der Waals surface area (Å²) in [6, 6.07) is 25.7. The monoisotopic (exact) mass is 631 g/mol. The van der Waals surface area contributed by atoms with E-state index in [-0.39, 0.29) is 0 Å². The molecule has 2 aliphatic heterocycles. The third kappa shape index (κ3) is 5.90. The zero-order chi connectivity index (χ0) is 33.2. The van der Waals surface area contributed by atoms with Crippen LogP contribution in [0.25, 0.3) is 28.5 Å². The Morgan fingerprint density at radius 1 is 0.532 bits per heavy atom. The number of hydrogen-bond acceptors (Lipinski definition) is 6. The molecular formula is C38H47B2N3O4. The Morgan fingerprint density at radius 3 is 1.30 bits per heavy atom. The van der Waals surface area contributed by atoms with Gasteiger partial charge in [-0.3, -0.25) is 4.57 Å². The van der Waals surface area contributed by atoms with Crippen LogP contribution in [0.3, 0.4) is 0 Å². The zero-order valence-corrected chi connectivity index (χ0v) is 29.2. The topological polar surface area (TPSA) is 67.6 Å². The summed E-state index contributed by atoms with van der Waals surface area (Å²) >= 11 is 0. The van der Waals surface area contributed by atoms with E-state index in [9.17, 15) is 0 Å². The predicted molar refractivity (Wildman–Crippen MR) is 189 cm³/mol. The molecular weight excluding hydrogens is 584 g/mol. The van der Waals surface area contributed by atoms with Gasteiger partial charge in [0.05, 0.1) is 22.4 Å². The summed E-state index contributed by atoms with van der Waals surface area (Å²) in [6.45, 7) is 16.6. The van der Waals surface area contributed by atoms with E-state index in [0.29, 0.717) is 5.92 Å². The first-order valence-electron chi connectivity index (χ1n) is 17.2. The van der Waals surface area contributed by atoms with Crippen LogP contribution in [-0.2, 0) is 18.6 Å². The summed E-state index contributed by atoms with van der Waals surface area (Å²) in [6.07, 6.45) is 6.52. The Morgan fingerprint density at radius 2 is 0.915 bits per heavy atom. The van der Waals surface area contributed by atoms with Crippen LogP contribution in [0.15, 0.2) is 72.8 Å². The molecule has 7 rings (SSSR count). The lowest BCUT2D eigenvalue weighted by Crippen LogP contribution is -2.41. The first-order valence-corrected chi connectivity index (χ1v) is 17.2. The van der Waals surface area contributed by atoms with Crippen molar-refractivity contribution in [1.82, 2.24) is 14.8 Å². The van der Waals surface area contributed by atoms with Crippen molar-refractivity contribution in [3.63, 3.8) is 0 Å². The summed E-state index contributed by atoms with van der Waals surface area (Å²) in [5.74, 6) is 2.20. The third-order valence-corrected chi connectivity index (χ3v) is 11.3. The molecule has 0 amide bonds. The minimum Gasteiger partial charge on any atom is -0.399 e. The van der Waals surface area contributed by atoms with Gasteiger partial charge in [-0.15, -0.1) is 10.2 Å². The van der Waals surface area contributed by atoms with Gasteiger partial charge in [0.1, 0.15) is 0 Å². The van der Waals surface area contributed by atoms with E-state index in [2.05, 4.69) is 133 Å². The second-order valence-corrected chi connectivity index (χ2v) is 15.5. The van der Waals surface area contributed by atoms with Crippen molar-refractivity contribution < 1.29 is 18.6 Å². The number of rotatable bonds is 6. The summed E-state index contributed by atoms with van der Waals surface area (Å²) in [5.41, 5.74) is 4.76. The quantitative estimate of drug-likeness (QED) is 0.209. The highest BCUT2D eigenvalue weighted by Gasteiger charge is 2.52. The molecule has 3 fully saturated rings. The molecule has 1 aromatic heterocycles. The summed E-state index contributed by atoms with van der Waals surface area (Å²) in [7, 11) is -0.838. The lowest BCUT2D eigenvalue weighted by molar-refractivity contribution is 0.00578. The van der Waals surface area contributed by atoms with E-state index in [0.717, 1.165) is 39.4 Å². The van der Waals surface area contributed by atoms with Gasteiger partial charge in [-0.05, 0) is 103 Å². The average Bonchev–Trinajstić information content (AvgIpc) is 3.65. The standard InChI is InChI=1S/C38H47B2N3O4/c1-35(2)36(3,4)45-39(44-35)30-20-14-28(15-21-30)33-41-42-34(43(33)32-24-18-27(19-25-32)26-12-10-9-11-13-26)29-16-22-31(23-17-29)40-46-37(5,6)38(7,8)47-40/h14-26H,9-13H2,1-8H3. The molecule has 3 heterocycles. The Kier molecular flexibility index (Phi) is 8.07. The molecule has 0 N–H and O–H groups in total. The first kappa shape index (κ1) is 32.3. The van der Waals surface area contributed by atoms with Gasteiger partial charge in [-0.2, -0.15) is 0 Å². The Labute approximate surface area is 280 Å². The lowest BCUT2D eigenvalue weighted by Gasteiger charge is -2.32. The van der Waals surface area contributed by atoms with E-state index in [1.165, 1.54) is 37.7 Å². The fourth-order valence-corrected chi connectivity index (χ4v) is 6.77. The van der Waals surface area contributed by atoms with Crippen LogP contribution in [0, 0.1) is 0 Å². The normalized spacial score (nSPS) is 21.8. The van der Waals surface area contributed by atoms with E-state index < -0.39 is 36.6 Å². The van der Waals surface area contributed by atoms with Crippen LogP contribution < -0.4 is 10.9 Å².